The Kier molecular flexibility index (Phi) is 5.46. The van der Waals surface area contributed by atoms with E-state index in [0.717, 1.165) is 27.8 Å². The molecule has 1 atom stereocenters. The number of nitrogens with one attached hydrogen (secondary N) is 1. The first-order valence-electron chi connectivity index (χ1n) is 9.84. The van der Waals surface area contributed by atoms with Gasteiger partial charge >= 0.3 is 0 Å². The number of rotatable bonds is 5. The van der Waals surface area contributed by atoms with Crippen molar-refractivity contribution in [1.82, 2.24) is 14.5 Å². The average Bonchev–Trinajstić information content (AvgIpc) is 3.52. The van der Waals surface area contributed by atoms with E-state index >= 15 is 0 Å². The summed E-state index contributed by atoms with van der Waals surface area (Å²) in [6, 6.07) is 6.55. The SMILES string of the molecule is O=C(Nc1ccc2c(c1)OCO2)c1nnc([C@@H]2CCCN2S(=O)(=O)c2ccc(F)cc2F)s1. The predicted molar refractivity (Wildman–Crippen MR) is 113 cm³/mol. The fourth-order valence-electron chi connectivity index (χ4n) is 3.71. The van der Waals surface area contributed by atoms with Crippen LogP contribution in [0, 0.1) is 11.6 Å². The van der Waals surface area contributed by atoms with Crippen molar-refractivity contribution in [3.63, 3.8) is 0 Å². The number of amides is 1. The van der Waals surface area contributed by atoms with Gasteiger partial charge in [0.25, 0.3) is 5.91 Å². The zero-order chi connectivity index (χ0) is 23.2. The van der Waals surface area contributed by atoms with Crippen LogP contribution in [0.15, 0.2) is 41.3 Å². The highest BCUT2D eigenvalue weighted by atomic mass is 32.2. The summed E-state index contributed by atoms with van der Waals surface area (Å²) in [5, 5.41) is 11.0. The second-order valence-corrected chi connectivity index (χ2v) is 10.2. The summed E-state index contributed by atoms with van der Waals surface area (Å²) >= 11 is 0.955. The van der Waals surface area contributed by atoms with E-state index in [2.05, 4.69) is 15.5 Å². The zero-order valence-electron chi connectivity index (χ0n) is 16.8. The van der Waals surface area contributed by atoms with Crippen LogP contribution < -0.4 is 14.8 Å². The lowest BCUT2D eigenvalue weighted by molar-refractivity contribution is 0.102. The molecule has 1 saturated heterocycles. The minimum atomic E-state index is -4.24. The second kappa shape index (κ2) is 8.32. The first-order chi connectivity index (χ1) is 15.8. The maximum absolute atomic E-state index is 14.2. The van der Waals surface area contributed by atoms with Crippen LogP contribution in [0.3, 0.4) is 0 Å². The molecular weight excluding hydrogens is 478 g/mol. The molecule has 1 aromatic heterocycles. The van der Waals surface area contributed by atoms with E-state index in [1.54, 1.807) is 18.2 Å². The topological polar surface area (TPSA) is 111 Å². The highest BCUT2D eigenvalue weighted by molar-refractivity contribution is 7.89. The maximum Gasteiger partial charge on any atom is 0.286 e. The maximum atomic E-state index is 14.2. The molecule has 1 N–H and O–H groups in total. The number of aromatic nitrogens is 2. The van der Waals surface area contributed by atoms with Crippen LogP contribution in [-0.2, 0) is 10.0 Å². The Morgan fingerprint density at radius 1 is 1.12 bits per heavy atom. The molecule has 9 nitrogen and oxygen atoms in total. The molecule has 33 heavy (non-hydrogen) atoms. The summed E-state index contributed by atoms with van der Waals surface area (Å²) in [6.07, 6.45) is 0.950. The number of benzene rings is 2. The lowest BCUT2D eigenvalue weighted by Gasteiger charge is -2.22. The van der Waals surface area contributed by atoms with Gasteiger partial charge in [0.15, 0.2) is 11.5 Å². The number of anilines is 1. The molecule has 2 aliphatic rings. The third-order valence-corrected chi connectivity index (χ3v) is 8.20. The molecule has 0 bridgehead atoms. The van der Waals surface area contributed by atoms with Gasteiger partial charge in [-0.25, -0.2) is 17.2 Å². The molecule has 2 aromatic carbocycles. The molecular formula is C20H16F2N4O5S2. The largest absolute Gasteiger partial charge is 0.454 e. The predicted octanol–water partition coefficient (Wildman–Crippen LogP) is 3.32. The van der Waals surface area contributed by atoms with Gasteiger partial charge in [0.2, 0.25) is 21.8 Å². The molecule has 3 heterocycles. The molecule has 1 amide bonds. The summed E-state index contributed by atoms with van der Waals surface area (Å²) in [5.74, 6) is -1.47. The molecule has 13 heteroatoms. The van der Waals surface area contributed by atoms with E-state index < -0.39 is 38.5 Å². The Morgan fingerprint density at radius 3 is 2.76 bits per heavy atom. The molecule has 5 rings (SSSR count). The summed E-state index contributed by atoms with van der Waals surface area (Å²) in [6.45, 7) is 0.247. The second-order valence-electron chi connectivity index (χ2n) is 7.32. The van der Waals surface area contributed by atoms with Gasteiger partial charge in [0, 0.05) is 24.4 Å². The summed E-state index contributed by atoms with van der Waals surface area (Å²) in [4.78, 5) is 12.0. The summed E-state index contributed by atoms with van der Waals surface area (Å²) in [7, 11) is -4.24. The van der Waals surface area contributed by atoms with Gasteiger partial charge in [-0.2, -0.15) is 4.31 Å². The number of nitrogens with zero attached hydrogens (tertiary/aromatic N) is 3. The van der Waals surface area contributed by atoms with Crippen molar-refractivity contribution >= 4 is 33.0 Å². The Bertz CT molecular complexity index is 1350. The van der Waals surface area contributed by atoms with E-state index in [1.807, 2.05) is 0 Å². The van der Waals surface area contributed by atoms with Gasteiger partial charge in [0.1, 0.15) is 21.5 Å². The van der Waals surface area contributed by atoms with Crippen molar-refractivity contribution in [2.24, 2.45) is 0 Å². The monoisotopic (exact) mass is 494 g/mol. The normalized spacial score (nSPS) is 17.9. The Labute approximate surface area is 191 Å². The lowest BCUT2D eigenvalue weighted by atomic mass is 10.2. The molecule has 0 aliphatic carbocycles. The van der Waals surface area contributed by atoms with Gasteiger partial charge < -0.3 is 14.8 Å². The molecule has 0 saturated carbocycles. The highest BCUT2D eigenvalue weighted by Gasteiger charge is 2.39. The lowest BCUT2D eigenvalue weighted by Crippen LogP contribution is -2.31. The average molecular weight is 495 g/mol. The number of sulfonamides is 1. The molecule has 2 aliphatic heterocycles. The zero-order valence-corrected chi connectivity index (χ0v) is 18.5. The van der Waals surface area contributed by atoms with Crippen molar-refractivity contribution in [3.8, 4) is 11.5 Å². The van der Waals surface area contributed by atoms with Crippen LogP contribution in [0.5, 0.6) is 11.5 Å². The van der Waals surface area contributed by atoms with Crippen LogP contribution in [0.1, 0.15) is 33.7 Å². The van der Waals surface area contributed by atoms with E-state index in [1.165, 1.54) is 0 Å². The summed E-state index contributed by atoms with van der Waals surface area (Å²) < 4.78 is 65.1. The third-order valence-electron chi connectivity index (χ3n) is 5.23. The van der Waals surface area contributed by atoms with Crippen molar-refractivity contribution in [2.45, 2.75) is 23.8 Å². The van der Waals surface area contributed by atoms with Crippen LogP contribution in [0.4, 0.5) is 14.5 Å². The van der Waals surface area contributed by atoms with E-state index in [9.17, 15) is 22.0 Å². The standard InChI is InChI=1S/C20H16F2N4O5S2/c21-11-3-6-17(13(22)8-11)33(28,29)26-7-1-2-14(26)19-24-25-20(32-19)18(27)23-12-4-5-15-16(9-12)31-10-30-15/h3-6,8-9,14H,1-2,7,10H2,(H,23,27)/t14-/m0/s1. The molecule has 3 aromatic rings. The Morgan fingerprint density at radius 2 is 1.94 bits per heavy atom. The number of halogens is 2. The highest BCUT2D eigenvalue weighted by Crippen LogP contribution is 2.39. The van der Waals surface area contributed by atoms with Crippen molar-refractivity contribution in [2.75, 3.05) is 18.7 Å². The van der Waals surface area contributed by atoms with Crippen molar-refractivity contribution < 1.29 is 31.5 Å². The number of carbonyl (C=O) groups is 1. The van der Waals surface area contributed by atoms with E-state index in [-0.39, 0.29) is 18.3 Å². The fraction of sp³-hybridized carbons (Fsp3) is 0.250. The Balaban J connectivity index is 1.36. The molecule has 172 valence electrons. The minimum absolute atomic E-state index is 0.0416. The molecule has 1 fully saturated rings. The smallest absolute Gasteiger partial charge is 0.286 e. The quantitative estimate of drug-likeness (QED) is 0.579. The van der Waals surface area contributed by atoms with Crippen LogP contribution in [0.2, 0.25) is 0 Å². The van der Waals surface area contributed by atoms with Gasteiger partial charge in [-0.1, -0.05) is 11.3 Å². The number of fused-ring (bicyclic) bond motifs is 1. The number of hydrogen-bond donors (Lipinski definition) is 1. The minimum Gasteiger partial charge on any atom is -0.454 e. The van der Waals surface area contributed by atoms with E-state index in [4.69, 9.17) is 9.47 Å². The van der Waals surface area contributed by atoms with Crippen LogP contribution in [0.25, 0.3) is 0 Å². The first-order valence-corrected chi connectivity index (χ1v) is 12.1. The Hall–Kier alpha value is -3.16. The molecule has 0 unspecified atom stereocenters. The molecule has 0 radical (unpaired) electrons. The number of hydrogen-bond acceptors (Lipinski definition) is 8. The fourth-order valence-corrected chi connectivity index (χ4v) is 6.37. The van der Waals surface area contributed by atoms with Gasteiger partial charge in [-0.05, 0) is 37.1 Å². The number of ether oxygens (including phenoxy) is 2. The van der Waals surface area contributed by atoms with Gasteiger partial charge in [-0.3, -0.25) is 4.79 Å². The van der Waals surface area contributed by atoms with E-state index in [0.29, 0.717) is 41.1 Å². The summed E-state index contributed by atoms with van der Waals surface area (Å²) in [5.41, 5.74) is 0.470. The van der Waals surface area contributed by atoms with Crippen LogP contribution in [-0.4, -0.2) is 42.2 Å². The molecule has 0 spiro atoms. The number of carbonyl (C=O) groups excluding carboxylic acids is 1. The van der Waals surface area contributed by atoms with Crippen molar-refractivity contribution in [3.05, 3.63) is 58.0 Å². The van der Waals surface area contributed by atoms with Crippen molar-refractivity contribution in [1.29, 1.82) is 0 Å². The van der Waals surface area contributed by atoms with Gasteiger partial charge in [0.05, 0.1) is 6.04 Å². The third kappa shape index (κ3) is 4.03. The first kappa shape index (κ1) is 21.7. The van der Waals surface area contributed by atoms with Crippen LogP contribution >= 0.6 is 11.3 Å². The van der Waals surface area contributed by atoms with Gasteiger partial charge in [-0.15, -0.1) is 10.2 Å².